The molecule has 0 fully saturated rings. The largest absolute Gasteiger partial charge is 0.434 e. The van der Waals surface area contributed by atoms with E-state index >= 15 is 0 Å². The van der Waals surface area contributed by atoms with Crippen LogP contribution in [-0.4, -0.2) is 24.5 Å². The number of alkyl halides is 3. The van der Waals surface area contributed by atoms with Crippen molar-refractivity contribution in [2.75, 3.05) is 0 Å². The molecule has 0 aliphatic heterocycles. The molecule has 114 valence electrons. The van der Waals surface area contributed by atoms with Gasteiger partial charge in [-0.25, -0.2) is 9.67 Å². The second-order valence-electron chi connectivity index (χ2n) is 4.52. The van der Waals surface area contributed by atoms with Gasteiger partial charge in [-0.1, -0.05) is 21.1 Å². The molecule has 0 atom stereocenters. The van der Waals surface area contributed by atoms with Gasteiger partial charge in [0.1, 0.15) is 5.82 Å². The van der Waals surface area contributed by atoms with Crippen LogP contribution in [0.5, 0.6) is 0 Å². The quantitative estimate of drug-likeness (QED) is 0.692. The minimum atomic E-state index is -4.49. The molecule has 2 aromatic heterocycles. The molecule has 5 nitrogen and oxygen atoms in total. The Morgan fingerprint density at radius 2 is 1.95 bits per heavy atom. The normalized spacial score (nSPS) is 11.9. The summed E-state index contributed by atoms with van der Waals surface area (Å²) in [6.45, 7) is 1.52. The fraction of sp³-hybridized carbons (Fsp3) is 0.154. The first-order chi connectivity index (χ1) is 10.4. The molecule has 9 heteroatoms. The first-order valence-corrected chi connectivity index (χ1v) is 6.95. The van der Waals surface area contributed by atoms with Crippen LogP contribution in [0.1, 0.15) is 11.5 Å². The first kappa shape index (κ1) is 14.8. The highest BCUT2D eigenvalue weighted by atomic mass is 79.9. The Morgan fingerprint density at radius 3 is 2.55 bits per heavy atom. The standard InChI is InChI=1S/C13H9BrF3N5/c1-8-19-12(13(15,16)17)7-21(8)10-3-2-9(14)6-11(10)22-5-4-18-20-22/h2-7H,1H3. The van der Waals surface area contributed by atoms with Crippen molar-refractivity contribution in [3.63, 3.8) is 0 Å². The van der Waals surface area contributed by atoms with Gasteiger partial charge in [-0.05, 0) is 25.1 Å². The molecule has 0 saturated carbocycles. The molecule has 2 heterocycles. The average Bonchev–Trinajstić information content (AvgIpc) is 3.07. The Bertz CT molecular complexity index is 808. The van der Waals surface area contributed by atoms with E-state index in [4.69, 9.17) is 0 Å². The zero-order valence-electron chi connectivity index (χ0n) is 11.2. The second kappa shape index (κ2) is 5.24. The number of halogens is 4. The van der Waals surface area contributed by atoms with E-state index in [1.807, 2.05) is 0 Å². The molecular formula is C13H9BrF3N5. The third kappa shape index (κ3) is 2.63. The number of rotatable bonds is 2. The van der Waals surface area contributed by atoms with Gasteiger partial charge in [0.05, 0.1) is 23.8 Å². The Kier molecular flexibility index (Phi) is 3.51. The van der Waals surface area contributed by atoms with Crippen molar-refractivity contribution in [2.24, 2.45) is 0 Å². The van der Waals surface area contributed by atoms with Crippen LogP contribution >= 0.6 is 15.9 Å². The Morgan fingerprint density at radius 1 is 1.18 bits per heavy atom. The summed E-state index contributed by atoms with van der Waals surface area (Å²) < 4.78 is 42.1. The third-order valence-electron chi connectivity index (χ3n) is 3.04. The number of nitrogens with zero attached hydrogens (tertiary/aromatic N) is 5. The summed E-state index contributed by atoms with van der Waals surface area (Å²) in [6, 6.07) is 5.18. The molecule has 0 aliphatic rings. The number of hydrogen-bond acceptors (Lipinski definition) is 3. The summed E-state index contributed by atoms with van der Waals surface area (Å²) in [7, 11) is 0. The van der Waals surface area contributed by atoms with Crippen molar-refractivity contribution in [2.45, 2.75) is 13.1 Å². The minimum Gasteiger partial charge on any atom is -0.301 e. The van der Waals surface area contributed by atoms with Gasteiger partial charge in [-0.15, -0.1) is 5.10 Å². The van der Waals surface area contributed by atoms with Gasteiger partial charge >= 0.3 is 6.18 Å². The van der Waals surface area contributed by atoms with Crippen molar-refractivity contribution in [3.8, 4) is 11.4 Å². The Balaban J connectivity index is 2.19. The van der Waals surface area contributed by atoms with Gasteiger partial charge in [0, 0.05) is 10.7 Å². The number of aryl methyl sites for hydroxylation is 1. The van der Waals surface area contributed by atoms with Crippen LogP contribution < -0.4 is 0 Å². The van der Waals surface area contributed by atoms with Crippen LogP contribution in [0.2, 0.25) is 0 Å². The molecule has 0 N–H and O–H groups in total. The highest BCUT2D eigenvalue weighted by Gasteiger charge is 2.34. The number of benzene rings is 1. The van der Waals surface area contributed by atoms with E-state index < -0.39 is 11.9 Å². The lowest BCUT2D eigenvalue weighted by molar-refractivity contribution is -0.141. The summed E-state index contributed by atoms with van der Waals surface area (Å²) >= 11 is 3.34. The Hall–Kier alpha value is -2.16. The van der Waals surface area contributed by atoms with E-state index in [-0.39, 0.29) is 5.82 Å². The van der Waals surface area contributed by atoms with Crippen LogP contribution in [0.3, 0.4) is 0 Å². The second-order valence-corrected chi connectivity index (χ2v) is 5.44. The van der Waals surface area contributed by atoms with E-state index in [2.05, 4.69) is 31.2 Å². The zero-order chi connectivity index (χ0) is 15.9. The SMILES string of the molecule is Cc1nc(C(F)(F)F)cn1-c1ccc(Br)cc1-n1ccnn1. The molecule has 0 spiro atoms. The van der Waals surface area contributed by atoms with E-state index in [1.165, 1.54) is 22.4 Å². The van der Waals surface area contributed by atoms with Gasteiger partial charge in [0.25, 0.3) is 0 Å². The molecule has 22 heavy (non-hydrogen) atoms. The lowest BCUT2D eigenvalue weighted by Gasteiger charge is -2.12. The van der Waals surface area contributed by atoms with Crippen LogP contribution in [0, 0.1) is 6.92 Å². The molecule has 0 unspecified atom stereocenters. The van der Waals surface area contributed by atoms with Gasteiger partial charge in [-0.2, -0.15) is 13.2 Å². The molecule has 1 aromatic carbocycles. The van der Waals surface area contributed by atoms with Crippen molar-refractivity contribution in [1.29, 1.82) is 0 Å². The van der Waals surface area contributed by atoms with Crippen LogP contribution in [-0.2, 0) is 6.18 Å². The van der Waals surface area contributed by atoms with Gasteiger partial charge < -0.3 is 4.57 Å². The average molecular weight is 372 g/mol. The molecule has 3 rings (SSSR count). The van der Waals surface area contributed by atoms with Crippen LogP contribution in [0.4, 0.5) is 13.2 Å². The van der Waals surface area contributed by atoms with E-state index in [0.717, 1.165) is 10.7 Å². The van der Waals surface area contributed by atoms with Crippen LogP contribution in [0.15, 0.2) is 41.3 Å². The summed E-state index contributed by atoms with van der Waals surface area (Å²) in [5, 5.41) is 7.61. The highest BCUT2D eigenvalue weighted by molar-refractivity contribution is 9.10. The van der Waals surface area contributed by atoms with Gasteiger partial charge in [0.15, 0.2) is 5.69 Å². The predicted molar refractivity (Wildman–Crippen MR) is 75.9 cm³/mol. The van der Waals surface area contributed by atoms with Crippen molar-refractivity contribution >= 4 is 15.9 Å². The number of hydrogen-bond donors (Lipinski definition) is 0. The lowest BCUT2D eigenvalue weighted by atomic mass is 10.2. The van der Waals surface area contributed by atoms with Crippen molar-refractivity contribution in [3.05, 3.63) is 52.8 Å². The topological polar surface area (TPSA) is 48.5 Å². The Labute approximate surface area is 131 Å². The maximum atomic E-state index is 12.8. The maximum absolute atomic E-state index is 12.8. The highest BCUT2D eigenvalue weighted by Crippen LogP contribution is 2.31. The number of imidazole rings is 1. The zero-order valence-corrected chi connectivity index (χ0v) is 12.8. The molecule has 0 amide bonds. The summed E-state index contributed by atoms with van der Waals surface area (Å²) in [5.74, 6) is 0.232. The molecule has 0 saturated heterocycles. The molecule has 0 aliphatic carbocycles. The fourth-order valence-electron chi connectivity index (χ4n) is 2.07. The summed E-state index contributed by atoms with van der Waals surface area (Å²) in [6.07, 6.45) is -0.410. The van der Waals surface area contributed by atoms with Gasteiger partial charge in [-0.3, -0.25) is 0 Å². The van der Waals surface area contributed by atoms with Gasteiger partial charge in [0.2, 0.25) is 0 Å². The monoisotopic (exact) mass is 371 g/mol. The van der Waals surface area contributed by atoms with Crippen molar-refractivity contribution in [1.82, 2.24) is 24.5 Å². The third-order valence-corrected chi connectivity index (χ3v) is 3.53. The molecule has 0 radical (unpaired) electrons. The molecule has 0 bridgehead atoms. The van der Waals surface area contributed by atoms with Crippen molar-refractivity contribution < 1.29 is 13.2 Å². The minimum absolute atomic E-state index is 0.232. The number of aromatic nitrogens is 5. The molecular weight excluding hydrogens is 363 g/mol. The smallest absolute Gasteiger partial charge is 0.301 e. The first-order valence-electron chi connectivity index (χ1n) is 6.16. The predicted octanol–water partition coefficient (Wildman–Crippen LogP) is 3.54. The lowest BCUT2D eigenvalue weighted by Crippen LogP contribution is -2.06. The van der Waals surface area contributed by atoms with Crippen LogP contribution in [0.25, 0.3) is 11.4 Å². The fourth-order valence-corrected chi connectivity index (χ4v) is 2.42. The summed E-state index contributed by atoms with van der Waals surface area (Å²) in [5.41, 5.74) is 0.174. The summed E-state index contributed by atoms with van der Waals surface area (Å²) in [4.78, 5) is 3.58. The van der Waals surface area contributed by atoms with E-state index in [9.17, 15) is 13.2 Å². The van der Waals surface area contributed by atoms with E-state index in [1.54, 1.807) is 24.4 Å². The van der Waals surface area contributed by atoms with E-state index in [0.29, 0.717) is 11.4 Å². The maximum Gasteiger partial charge on any atom is 0.434 e. The molecule has 3 aromatic rings.